The largest absolute Gasteiger partial charge is 0.393 e. The molecule has 98 valence electrons. The van der Waals surface area contributed by atoms with Crippen molar-refractivity contribution in [1.29, 1.82) is 0 Å². The molecule has 0 heterocycles. The van der Waals surface area contributed by atoms with E-state index in [-0.39, 0.29) is 6.10 Å². The number of hydrogen-bond acceptors (Lipinski definition) is 1. The molecule has 1 aliphatic carbocycles. The first-order valence-corrected chi connectivity index (χ1v) is 7.04. The van der Waals surface area contributed by atoms with Gasteiger partial charge in [0.25, 0.3) is 0 Å². The molecule has 1 nitrogen and oxygen atoms in total. The summed E-state index contributed by atoms with van der Waals surface area (Å²) in [7, 11) is 0. The molecule has 0 aliphatic heterocycles. The summed E-state index contributed by atoms with van der Waals surface area (Å²) < 4.78 is 0. The first kappa shape index (κ1) is 13.4. The zero-order valence-electron chi connectivity index (χ0n) is 11.3. The van der Waals surface area contributed by atoms with Crippen molar-refractivity contribution in [1.82, 2.24) is 0 Å². The van der Waals surface area contributed by atoms with Gasteiger partial charge in [0.2, 0.25) is 0 Å². The monoisotopic (exact) mass is 244 g/mol. The average Bonchev–Trinajstić information content (AvgIpc) is 2.38. The minimum Gasteiger partial charge on any atom is -0.393 e. The van der Waals surface area contributed by atoms with Gasteiger partial charge < -0.3 is 5.11 Å². The van der Waals surface area contributed by atoms with E-state index in [1.165, 1.54) is 11.1 Å². The fraction of sp³-hybridized carbons (Fsp3) is 0.529. The Hall–Kier alpha value is -1.08. The Morgan fingerprint density at radius 1 is 1.28 bits per heavy atom. The molecule has 1 saturated carbocycles. The molecule has 3 atom stereocenters. The second-order valence-electron chi connectivity index (χ2n) is 5.74. The van der Waals surface area contributed by atoms with Crippen LogP contribution in [0.3, 0.4) is 0 Å². The van der Waals surface area contributed by atoms with E-state index < -0.39 is 0 Å². The fourth-order valence-electron chi connectivity index (χ4n) is 3.02. The lowest BCUT2D eigenvalue weighted by Gasteiger charge is -2.33. The number of rotatable bonds is 4. The van der Waals surface area contributed by atoms with Crippen LogP contribution in [0.1, 0.15) is 50.5 Å². The Morgan fingerprint density at radius 3 is 2.67 bits per heavy atom. The highest BCUT2D eigenvalue weighted by Crippen LogP contribution is 2.38. The third-order valence-electron chi connectivity index (χ3n) is 4.16. The van der Waals surface area contributed by atoms with Crippen LogP contribution in [-0.2, 0) is 0 Å². The number of aliphatic hydroxyl groups excluding tert-OH is 1. The van der Waals surface area contributed by atoms with Gasteiger partial charge >= 0.3 is 0 Å². The molecule has 0 aromatic heterocycles. The fourth-order valence-corrected chi connectivity index (χ4v) is 3.02. The van der Waals surface area contributed by atoms with Gasteiger partial charge in [-0.05, 0) is 56.4 Å². The first-order chi connectivity index (χ1) is 8.66. The molecule has 0 spiro atoms. The van der Waals surface area contributed by atoms with Gasteiger partial charge in [-0.1, -0.05) is 35.9 Å². The van der Waals surface area contributed by atoms with E-state index in [0.29, 0.717) is 11.8 Å². The highest BCUT2D eigenvalue weighted by atomic mass is 16.3. The van der Waals surface area contributed by atoms with Crippen molar-refractivity contribution >= 4 is 0 Å². The van der Waals surface area contributed by atoms with Crippen LogP contribution >= 0.6 is 0 Å². The van der Waals surface area contributed by atoms with E-state index in [1.807, 2.05) is 0 Å². The molecule has 1 N–H and O–H groups in total. The zero-order chi connectivity index (χ0) is 13.0. The summed E-state index contributed by atoms with van der Waals surface area (Å²) in [4.78, 5) is 0. The van der Waals surface area contributed by atoms with Crippen molar-refractivity contribution in [2.45, 2.75) is 51.0 Å². The van der Waals surface area contributed by atoms with Crippen molar-refractivity contribution in [3.63, 3.8) is 0 Å². The highest BCUT2D eigenvalue weighted by Gasteiger charge is 2.29. The summed E-state index contributed by atoms with van der Waals surface area (Å²) in [6.07, 6.45) is 5.21. The van der Waals surface area contributed by atoms with Gasteiger partial charge in [-0.3, -0.25) is 0 Å². The number of allylic oxidation sites excluding steroid dienone is 1. The lowest BCUT2D eigenvalue weighted by Crippen LogP contribution is -2.28. The topological polar surface area (TPSA) is 20.2 Å². The SMILES string of the molecule is C=C(C)CCC1CC(c2ccccc2)CCC1O. The Labute approximate surface area is 111 Å². The van der Waals surface area contributed by atoms with E-state index in [4.69, 9.17) is 0 Å². The number of benzene rings is 1. The molecule has 1 heteroatoms. The standard InChI is InChI=1S/C17H24O/c1-13(2)8-9-16-12-15(10-11-17(16)18)14-6-4-3-5-7-14/h3-7,15-18H,1,8-12H2,2H3. The summed E-state index contributed by atoms with van der Waals surface area (Å²) in [6.45, 7) is 6.03. The molecule has 1 aliphatic rings. The Bertz CT molecular complexity index is 382. The summed E-state index contributed by atoms with van der Waals surface area (Å²) in [5.74, 6) is 1.07. The van der Waals surface area contributed by atoms with Crippen LogP contribution in [0.2, 0.25) is 0 Å². The Kier molecular flexibility index (Phi) is 4.60. The normalized spacial score (nSPS) is 28.0. The van der Waals surface area contributed by atoms with Crippen LogP contribution in [0.4, 0.5) is 0 Å². The van der Waals surface area contributed by atoms with Crippen LogP contribution in [-0.4, -0.2) is 11.2 Å². The number of hydrogen-bond donors (Lipinski definition) is 1. The quantitative estimate of drug-likeness (QED) is 0.783. The van der Waals surface area contributed by atoms with Crippen LogP contribution < -0.4 is 0 Å². The molecule has 1 fully saturated rings. The van der Waals surface area contributed by atoms with Gasteiger partial charge in [0.15, 0.2) is 0 Å². The molecule has 0 saturated heterocycles. The van der Waals surface area contributed by atoms with Gasteiger partial charge in [0, 0.05) is 0 Å². The third-order valence-corrected chi connectivity index (χ3v) is 4.16. The van der Waals surface area contributed by atoms with Crippen LogP contribution in [0.5, 0.6) is 0 Å². The Morgan fingerprint density at radius 2 is 2.00 bits per heavy atom. The van der Waals surface area contributed by atoms with E-state index in [1.54, 1.807) is 0 Å². The average molecular weight is 244 g/mol. The molecule has 0 radical (unpaired) electrons. The molecule has 0 bridgehead atoms. The lowest BCUT2D eigenvalue weighted by atomic mass is 9.74. The summed E-state index contributed by atoms with van der Waals surface area (Å²) in [5.41, 5.74) is 2.66. The maximum Gasteiger partial charge on any atom is 0.0568 e. The number of aliphatic hydroxyl groups is 1. The van der Waals surface area contributed by atoms with Gasteiger partial charge in [0.1, 0.15) is 0 Å². The van der Waals surface area contributed by atoms with Gasteiger partial charge in [0.05, 0.1) is 6.10 Å². The van der Waals surface area contributed by atoms with Crippen LogP contribution in [0.25, 0.3) is 0 Å². The summed E-state index contributed by atoms with van der Waals surface area (Å²) in [5, 5.41) is 10.1. The first-order valence-electron chi connectivity index (χ1n) is 7.04. The van der Waals surface area contributed by atoms with Gasteiger partial charge in [-0.25, -0.2) is 0 Å². The maximum absolute atomic E-state index is 10.1. The lowest BCUT2D eigenvalue weighted by molar-refractivity contribution is 0.0575. The van der Waals surface area contributed by atoms with Crippen molar-refractivity contribution in [2.24, 2.45) is 5.92 Å². The maximum atomic E-state index is 10.1. The van der Waals surface area contributed by atoms with E-state index in [2.05, 4.69) is 43.8 Å². The molecule has 2 rings (SSSR count). The van der Waals surface area contributed by atoms with Crippen molar-refractivity contribution in [3.05, 3.63) is 48.0 Å². The molecule has 0 amide bonds. The molecule has 1 aromatic carbocycles. The van der Waals surface area contributed by atoms with E-state index in [0.717, 1.165) is 32.1 Å². The second kappa shape index (κ2) is 6.19. The smallest absolute Gasteiger partial charge is 0.0568 e. The Balaban J connectivity index is 1.98. The third kappa shape index (κ3) is 3.46. The van der Waals surface area contributed by atoms with Crippen molar-refractivity contribution in [2.75, 3.05) is 0 Å². The predicted molar refractivity (Wildman–Crippen MR) is 76.6 cm³/mol. The highest BCUT2D eigenvalue weighted by molar-refractivity contribution is 5.20. The van der Waals surface area contributed by atoms with E-state index in [9.17, 15) is 5.11 Å². The molecular weight excluding hydrogens is 220 g/mol. The van der Waals surface area contributed by atoms with Crippen LogP contribution in [0, 0.1) is 5.92 Å². The second-order valence-corrected chi connectivity index (χ2v) is 5.74. The van der Waals surface area contributed by atoms with Crippen molar-refractivity contribution < 1.29 is 5.11 Å². The summed E-state index contributed by atoms with van der Waals surface area (Å²) in [6, 6.07) is 10.7. The minimum atomic E-state index is -0.107. The molecule has 18 heavy (non-hydrogen) atoms. The summed E-state index contributed by atoms with van der Waals surface area (Å²) >= 11 is 0. The van der Waals surface area contributed by atoms with Crippen LogP contribution in [0.15, 0.2) is 42.5 Å². The molecular formula is C17H24O. The van der Waals surface area contributed by atoms with Gasteiger partial charge in [-0.15, -0.1) is 6.58 Å². The van der Waals surface area contributed by atoms with Gasteiger partial charge in [-0.2, -0.15) is 0 Å². The molecule has 1 aromatic rings. The zero-order valence-corrected chi connectivity index (χ0v) is 11.3. The van der Waals surface area contributed by atoms with E-state index >= 15 is 0 Å². The molecule has 3 unspecified atom stereocenters. The predicted octanol–water partition coefficient (Wildman–Crippen LogP) is 4.29. The minimum absolute atomic E-state index is 0.107. The van der Waals surface area contributed by atoms with Crippen molar-refractivity contribution in [3.8, 4) is 0 Å².